The lowest BCUT2D eigenvalue weighted by molar-refractivity contribution is 0.0682. The van der Waals surface area contributed by atoms with Crippen LogP contribution in [0.5, 0.6) is 0 Å². The lowest BCUT2D eigenvalue weighted by atomic mass is 9.92. The van der Waals surface area contributed by atoms with E-state index >= 15 is 0 Å². The minimum absolute atomic E-state index is 0.407. The number of aryl methyl sites for hydroxylation is 2. The van der Waals surface area contributed by atoms with Crippen LogP contribution in [0.15, 0.2) is 16.7 Å². The molecule has 1 heterocycles. The number of methoxy groups -OCH3 is 1. The third-order valence-electron chi connectivity index (χ3n) is 5.18. The summed E-state index contributed by atoms with van der Waals surface area (Å²) < 4.78 is 10.7. The Hall–Kier alpha value is -2.01. The Balaban J connectivity index is 1.81. The molecule has 1 aliphatic carbocycles. The molecule has 130 valence electrons. The van der Waals surface area contributed by atoms with Gasteiger partial charge < -0.3 is 20.3 Å². The number of rotatable bonds is 4. The predicted molar refractivity (Wildman–Crippen MR) is 97.2 cm³/mol. The highest BCUT2D eigenvalue weighted by Crippen LogP contribution is 2.36. The van der Waals surface area contributed by atoms with Crippen LogP contribution in [-0.4, -0.2) is 24.4 Å². The maximum atomic E-state index is 6.42. The third-order valence-corrected chi connectivity index (χ3v) is 5.18. The second-order valence-electron chi connectivity index (χ2n) is 6.75. The third kappa shape index (κ3) is 3.13. The number of nitrogens with zero attached hydrogens (tertiary/aromatic N) is 1. The fourth-order valence-electron chi connectivity index (χ4n) is 3.66. The zero-order valence-corrected chi connectivity index (χ0v) is 15.0. The summed E-state index contributed by atoms with van der Waals surface area (Å²) in [5.74, 6) is 0.827. The number of hydrogen-bond acceptors (Lipinski definition) is 5. The van der Waals surface area contributed by atoms with Gasteiger partial charge in [0.2, 0.25) is 0 Å². The Morgan fingerprint density at radius 2 is 1.88 bits per heavy atom. The minimum Gasteiger partial charge on any atom is -0.397 e. The number of benzene rings is 1. The maximum Gasteiger partial charge on any atom is 0.141 e. The Morgan fingerprint density at radius 1 is 1.17 bits per heavy atom. The molecule has 0 radical (unpaired) electrons. The van der Waals surface area contributed by atoms with E-state index in [0.29, 0.717) is 12.1 Å². The van der Waals surface area contributed by atoms with Crippen molar-refractivity contribution in [3.8, 4) is 11.1 Å². The van der Waals surface area contributed by atoms with E-state index in [-0.39, 0.29) is 0 Å². The predicted octanol–water partition coefficient (Wildman–Crippen LogP) is 4.22. The average molecular weight is 329 g/mol. The van der Waals surface area contributed by atoms with Crippen molar-refractivity contribution in [1.82, 2.24) is 5.16 Å². The van der Waals surface area contributed by atoms with Gasteiger partial charge in [-0.3, -0.25) is 0 Å². The second-order valence-corrected chi connectivity index (χ2v) is 6.75. The first-order valence-corrected chi connectivity index (χ1v) is 8.63. The quantitative estimate of drug-likeness (QED) is 0.822. The summed E-state index contributed by atoms with van der Waals surface area (Å²) >= 11 is 0. The molecule has 0 spiro atoms. The molecule has 1 aromatic heterocycles. The molecule has 3 N–H and O–H groups in total. The highest BCUT2D eigenvalue weighted by Gasteiger charge is 2.22. The van der Waals surface area contributed by atoms with E-state index < -0.39 is 0 Å². The van der Waals surface area contributed by atoms with Crippen molar-refractivity contribution in [3.63, 3.8) is 0 Å². The fraction of sp³-hybridized carbons (Fsp3) is 0.526. The van der Waals surface area contributed by atoms with Gasteiger partial charge in [0.25, 0.3) is 0 Å². The van der Waals surface area contributed by atoms with Gasteiger partial charge in [0.15, 0.2) is 0 Å². The van der Waals surface area contributed by atoms with Crippen LogP contribution in [0.3, 0.4) is 0 Å². The summed E-state index contributed by atoms with van der Waals surface area (Å²) in [6.45, 7) is 5.96. The molecule has 5 heteroatoms. The van der Waals surface area contributed by atoms with Gasteiger partial charge in [-0.05, 0) is 63.6 Å². The molecule has 1 aromatic carbocycles. The van der Waals surface area contributed by atoms with Gasteiger partial charge in [-0.2, -0.15) is 0 Å². The topological polar surface area (TPSA) is 73.3 Å². The Morgan fingerprint density at radius 3 is 2.46 bits per heavy atom. The van der Waals surface area contributed by atoms with Crippen LogP contribution in [0.2, 0.25) is 0 Å². The lowest BCUT2D eigenvalue weighted by Gasteiger charge is -2.29. The zero-order valence-electron chi connectivity index (χ0n) is 15.0. The van der Waals surface area contributed by atoms with Crippen LogP contribution in [-0.2, 0) is 4.74 Å². The van der Waals surface area contributed by atoms with Crippen molar-refractivity contribution in [3.05, 3.63) is 29.2 Å². The monoisotopic (exact) mass is 329 g/mol. The van der Waals surface area contributed by atoms with E-state index in [0.717, 1.165) is 65.2 Å². The molecule has 1 saturated carbocycles. The highest BCUT2D eigenvalue weighted by molar-refractivity contribution is 5.82. The van der Waals surface area contributed by atoms with E-state index in [2.05, 4.69) is 29.5 Å². The minimum atomic E-state index is 0.407. The van der Waals surface area contributed by atoms with E-state index in [4.69, 9.17) is 15.0 Å². The van der Waals surface area contributed by atoms with Gasteiger partial charge in [0.1, 0.15) is 5.76 Å². The second kappa shape index (κ2) is 6.85. The molecule has 1 aliphatic rings. The zero-order chi connectivity index (χ0) is 17.3. The molecule has 0 bridgehead atoms. The summed E-state index contributed by atoms with van der Waals surface area (Å²) in [6.07, 6.45) is 4.84. The Kier molecular flexibility index (Phi) is 4.81. The molecule has 0 aliphatic heterocycles. The molecule has 2 aromatic rings. The van der Waals surface area contributed by atoms with Crippen molar-refractivity contribution in [1.29, 1.82) is 0 Å². The SMILES string of the molecule is COC1CCC(Nc2ccc(-c3c(C)noc3C)c(C)c2N)CC1. The van der Waals surface area contributed by atoms with Crippen LogP contribution in [0, 0.1) is 20.8 Å². The van der Waals surface area contributed by atoms with E-state index in [1.165, 1.54) is 0 Å². The van der Waals surface area contributed by atoms with Crippen molar-refractivity contribution < 1.29 is 9.26 Å². The lowest BCUT2D eigenvalue weighted by Crippen LogP contribution is -2.29. The van der Waals surface area contributed by atoms with Gasteiger partial charge in [-0.15, -0.1) is 0 Å². The number of ether oxygens (including phenoxy) is 1. The Labute approximate surface area is 143 Å². The molecule has 24 heavy (non-hydrogen) atoms. The standard InChI is InChI=1S/C19H27N3O2/c1-11-16(18-12(2)22-24-13(18)3)9-10-17(19(11)20)21-14-5-7-15(23-4)8-6-14/h9-10,14-15,21H,5-8,20H2,1-4H3. The molecule has 3 rings (SSSR count). The largest absolute Gasteiger partial charge is 0.397 e. The van der Waals surface area contributed by atoms with Crippen molar-refractivity contribution in [2.75, 3.05) is 18.2 Å². The van der Waals surface area contributed by atoms with E-state index in [1.54, 1.807) is 7.11 Å². The summed E-state index contributed by atoms with van der Waals surface area (Å²) in [6, 6.07) is 4.65. The van der Waals surface area contributed by atoms with Crippen LogP contribution in [0.1, 0.15) is 42.7 Å². The van der Waals surface area contributed by atoms with Gasteiger partial charge in [0, 0.05) is 18.7 Å². The van der Waals surface area contributed by atoms with Crippen molar-refractivity contribution in [2.24, 2.45) is 0 Å². The number of hydrogen-bond donors (Lipinski definition) is 2. The number of aromatic nitrogens is 1. The molecule has 0 saturated heterocycles. The first-order chi connectivity index (χ1) is 11.5. The number of anilines is 2. The normalized spacial score (nSPS) is 21.0. The van der Waals surface area contributed by atoms with Gasteiger partial charge in [-0.1, -0.05) is 11.2 Å². The summed E-state index contributed by atoms with van der Waals surface area (Å²) in [4.78, 5) is 0. The van der Waals surface area contributed by atoms with Crippen molar-refractivity contribution >= 4 is 11.4 Å². The molecular weight excluding hydrogens is 302 g/mol. The first kappa shape index (κ1) is 16.8. The van der Waals surface area contributed by atoms with Gasteiger partial charge >= 0.3 is 0 Å². The molecule has 0 atom stereocenters. The Bertz CT molecular complexity index is 696. The van der Waals surface area contributed by atoms with Crippen molar-refractivity contribution in [2.45, 2.75) is 58.6 Å². The molecule has 1 fully saturated rings. The van der Waals surface area contributed by atoms with Gasteiger partial charge in [-0.25, -0.2) is 0 Å². The van der Waals surface area contributed by atoms with E-state index in [1.807, 2.05) is 13.8 Å². The highest BCUT2D eigenvalue weighted by atomic mass is 16.5. The average Bonchev–Trinajstić information content (AvgIpc) is 2.92. The van der Waals surface area contributed by atoms with Gasteiger partial charge in [0.05, 0.1) is 23.2 Å². The molecule has 5 nitrogen and oxygen atoms in total. The number of nitrogen functional groups attached to an aromatic ring is 1. The van der Waals surface area contributed by atoms with Crippen LogP contribution >= 0.6 is 0 Å². The fourth-order valence-corrected chi connectivity index (χ4v) is 3.66. The van der Waals surface area contributed by atoms with Crippen LogP contribution in [0.4, 0.5) is 11.4 Å². The smallest absolute Gasteiger partial charge is 0.141 e. The summed E-state index contributed by atoms with van der Waals surface area (Å²) in [7, 11) is 1.80. The van der Waals surface area contributed by atoms with E-state index in [9.17, 15) is 0 Å². The number of nitrogens with two attached hydrogens (primary N) is 1. The summed E-state index contributed by atoms with van der Waals surface area (Å²) in [5, 5.41) is 7.67. The maximum absolute atomic E-state index is 6.42. The van der Waals surface area contributed by atoms with Crippen LogP contribution < -0.4 is 11.1 Å². The first-order valence-electron chi connectivity index (χ1n) is 8.63. The number of nitrogens with one attached hydrogen (secondary N) is 1. The summed E-state index contributed by atoms with van der Waals surface area (Å²) in [5.41, 5.74) is 12.4. The molecule has 0 unspecified atom stereocenters. The molecule has 0 amide bonds. The molecular formula is C19H27N3O2. The van der Waals surface area contributed by atoms with Crippen LogP contribution in [0.25, 0.3) is 11.1 Å².